The van der Waals surface area contributed by atoms with E-state index in [1.807, 2.05) is 12.1 Å². The predicted molar refractivity (Wildman–Crippen MR) is 69.8 cm³/mol. The molecule has 0 bridgehead atoms. The van der Waals surface area contributed by atoms with Crippen molar-refractivity contribution in [2.24, 2.45) is 0 Å². The van der Waals surface area contributed by atoms with Crippen LogP contribution < -0.4 is 5.73 Å². The third kappa shape index (κ3) is 2.74. The van der Waals surface area contributed by atoms with Crippen molar-refractivity contribution in [3.8, 4) is 0 Å². The monoisotopic (exact) mass is 243 g/mol. The van der Waals surface area contributed by atoms with Gasteiger partial charge in [-0.05, 0) is 35.4 Å². The van der Waals surface area contributed by atoms with Crippen molar-refractivity contribution < 1.29 is 9.18 Å². The highest BCUT2D eigenvalue weighted by Gasteiger charge is 2.13. The first-order valence-electron chi connectivity index (χ1n) is 5.75. The van der Waals surface area contributed by atoms with Crippen LogP contribution in [0.1, 0.15) is 23.5 Å². The summed E-state index contributed by atoms with van der Waals surface area (Å²) in [6, 6.07) is 13.6. The van der Waals surface area contributed by atoms with E-state index in [1.165, 1.54) is 12.1 Å². The van der Waals surface area contributed by atoms with Gasteiger partial charge in [-0.2, -0.15) is 0 Å². The highest BCUT2D eigenvalue weighted by Crippen LogP contribution is 2.27. The summed E-state index contributed by atoms with van der Waals surface area (Å²) in [6.45, 7) is 0. The van der Waals surface area contributed by atoms with Crippen molar-refractivity contribution in [2.45, 2.75) is 12.3 Å². The van der Waals surface area contributed by atoms with E-state index in [2.05, 4.69) is 0 Å². The van der Waals surface area contributed by atoms with Crippen LogP contribution in [0.5, 0.6) is 0 Å². The highest BCUT2D eigenvalue weighted by atomic mass is 19.1. The van der Waals surface area contributed by atoms with Crippen LogP contribution in [0.15, 0.2) is 48.5 Å². The zero-order valence-corrected chi connectivity index (χ0v) is 9.84. The first-order chi connectivity index (χ1) is 8.70. The molecule has 0 heterocycles. The lowest BCUT2D eigenvalue weighted by molar-refractivity contribution is -0.108. The normalized spacial score (nSPS) is 12.1. The van der Waals surface area contributed by atoms with Crippen molar-refractivity contribution >= 4 is 12.0 Å². The highest BCUT2D eigenvalue weighted by molar-refractivity contribution is 5.55. The molecule has 2 N–H and O–H groups in total. The molecule has 0 aliphatic heterocycles. The minimum Gasteiger partial charge on any atom is -0.399 e. The molecule has 2 aromatic rings. The zero-order chi connectivity index (χ0) is 13.0. The molecule has 1 unspecified atom stereocenters. The van der Waals surface area contributed by atoms with E-state index in [9.17, 15) is 9.18 Å². The third-order valence-corrected chi connectivity index (χ3v) is 2.94. The summed E-state index contributed by atoms with van der Waals surface area (Å²) in [4.78, 5) is 10.8. The maximum absolute atomic E-state index is 12.9. The third-order valence-electron chi connectivity index (χ3n) is 2.94. The van der Waals surface area contributed by atoms with Crippen LogP contribution in [0.4, 0.5) is 10.1 Å². The Labute approximate surface area is 105 Å². The number of carbonyl (C=O) groups excluding carboxylic acids is 1. The van der Waals surface area contributed by atoms with Gasteiger partial charge in [0.2, 0.25) is 0 Å². The minimum atomic E-state index is -0.277. The van der Waals surface area contributed by atoms with Crippen LogP contribution in [0.3, 0.4) is 0 Å². The second-order valence-corrected chi connectivity index (χ2v) is 4.17. The van der Waals surface area contributed by atoms with Gasteiger partial charge < -0.3 is 10.5 Å². The summed E-state index contributed by atoms with van der Waals surface area (Å²) in [5.41, 5.74) is 8.25. The fraction of sp³-hybridized carbons (Fsp3) is 0.133. The van der Waals surface area contributed by atoms with Gasteiger partial charge in [-0.3, -0.25) is 0 Å². The molecule has 2 aromatic carbocycles. The van der Waals surface area contributed by atoms with Crippen molar-refractivity contribution in [1.82, 2.24) is 0 Å². The lowest BCUT2D eigenvalue weighted by Gasteiger charge is -2.15. The molecule has 0 aliphatic rings. The Kier molecular flexibility index (Phi) is 3.72. The number of benzene rings is 2. The molecule has 0 aromatic heterocycles. The molecule has 2 nitrogen and oxygen atoms in total. The molecule has 2 rings (SSSR count). The SMILES string of the molecule is Nc1ccc(C(CC=O)c2ccc(F)cc2)cc1. The summed E-state index contributed by atoms with van der Waals surface area (Å²) >= 11 is 0. The molecule has 1 atom stereocenters. The Morgan fingerprint density at radius 2 is 1.50 bits per heavy atom. The number of hydrogen-bond acceptors (Lipinski definition) is 2. The van der Waals surface area contributed by atoms with Crippen LogP contribution in [-0.2, 0) is 4.79 Å². The first-order valence-corrected chi connectivity index (χ1v) is 5.75. The number of carbonyl (C=O) groups is 1. The Balaban J connectivity index is 2.35. The Bertz CT molecular complexity index is 474. The van der Waals surface area contributed by atoms with E-state index in [-0.39, 0.29) is 11.7 Å². The second-order valence-electron chi connectivity index (χ2n) is 4.17. The number of anilines is 1. The van der Waals surface area contributed by atoms with Gasteiger partial charge in [0.1, 0.15) is 12.1 Å². The number of nitrogens with two attached hydrogens (primary N) is 1. The van der Waals surface area contributed by atoms with Crippen LogP contribution in [0.2, 0.25) is 0 Å². The van der Waals surface area contributed by atoms with Crippen molar-refractivity contribution in [2.75, 3.05) is 5.73 Å². The van der Waals surface area contributed by atoms with E-state index < -0.39 is 0 Å². The molecular formula is C15H14FNO. The lowest BCUT2D eigenvalue weighted by atomic mass is 9.89. The Morgan fingerprint density at radius 3 is 2.00 bits per heavy atom. The topological polar surface area (TPSA) is 43.1 Å². The van der Waals surface area contributed by atoms with Crippen LogP contribution in [0, 0.1) is 5.82 Å². The van der Waals surface area contributed by atoms with Gasteiger partial charge in [0.25, 0.3) is 0 Å². The summed E-state index contributed by atoms with van der Waals surface area (Å²) in [5.74, 6) is -0.329. The van der Waals surface area contributed by atoms with Crippen molar-refractivity contribution in [3.05, 3.63) is 65.5 Å². The number of halogens is 1. The van der Waals surface area contributed by atoms with E-state index in [0.717, 1.165) is 17.4 Å². The fourth-order valence-corrected chi connectivity index (χ4v) is 1.98. The predicted octanol–water partition coefficient (Wildman–Crippen LogP) is 3.13. The van der Waals surface area contributed by atoms with E-state index in [4.69, 9.17) is 5.73 Å². The summed E-state index contributed by atoms with van der Waals surface area (Å²) in [5, 5.41) is 0. The standard InChI is InChI=1S/C15H14FNO/c16-13-5-1-11(2-6-13)15(9-10-18)12-3-7-14(17)8-4-12/h1-8,10,15H,9,17H2. The molecule has 0 spiro atoms. The molecule has 18 heavy (non-hydrogen) atoms. The van der Waals surface area contributed by atoms with Gasteiger partial charge in [0.05, 0.1) is 0 Å². The van der Waals surface area contributed by atoms with E-state index in [1.54, 1.807) is 24.3 Å². The molecule has 0 saturated heterocycles. The molecule has 0 saturated carbocycles. The maximum Gasteiger partial charge on any atom is 0.123 e. The average Bonchev–Trinajstić information content (AvgIpc) is 2.39. The molecule has 0 radical (unpaired) electrons. The number of aldehydes is 1. The molecule has 0 aliphatic carbocycles. The van der Waals surface area contributed by atoms with Crippen molar-refractivity contribution in [3.63, 3.8) is 0 Å². The molecule has 0 fully saturated rings. The molecular weight excluding hydrogens is 229 g/mol. The summed E-state index contributed by atoms with van der Waals surface area (Å²) in [7, 11) is 0. The smallest absolute Gasteiger partial charge is 0.123 e. The second kappa shape index (κ2) is 5.45. The summed E-state index contributed by atoms with van der Waals surface area (Å²) < 4.78 is 12.9. The Morgan fingerprint density at radius 1 is 1.00 bits per heavy atom. The lowest BCUT2D eigenvalue weighted by Crippen LogP contribution is -2.02. The number of nitrogen functional groups attached to an aromatic ring is 1. The number of rotatable bonds is 4. The molecule has 92 valence electrons. The zero-order valence-electron chi connectivity index (χ0n) is 9.84. The van der Waals surface area contributed by atoms with Crippen LogP contribution in [0.25, 0.3) is 0 Å². The minimum absolute atomic E-state index is 0.0521. The van der Waals surface area contributed by atoms with Crippen molar-refractivity contribution in [1.29, 1.82) is 0 Å². The first kappa shape index (κ1) is 12.3. The largest absolute Gasteiger partial charge is 0.399 e. The fourth-order valence-electron chi connectivity index (χ4n) is 1.98. The maximum atomic E-state index is 12.9. The Hall–Kier alpha value is -2.16. The molecule has 0 amide bonds. The van der Waals surface area contributed by atoms with Crippen LogP contribution in [-0.4, -0.2) is 6.29 Å². The van der Waals surface area contributed by atoms with Gasteiger partial charge >= 0.3 is 0 Å². The van der Waals surface area contributed by atoms with Gasteiger partial charge in [0.15, 0.2) is 0 Å². The number of hydrogen-bond donors (Lipinski definition) is 1. The van der Waals surface area contributed by atoms with E-state index >= 15 is 0 Å². The summed E-state index contributed by atoms with van der Waals surface area (Å²) in [6.07, 6.45) is 1.25. The van der Waals surface area contributed by atoms with E-state index in [0.29, 0.717) is 12.1 Å². The van der Waals surface area contributed by atoms with Gasteiger partial charge in [-0.1, -0.05) is 24.3 Å². The quantitative estimate of drug-likeness (QED) is 0.662. The van der Waals surface area contributed by atoms with Gasteiger partial charge in [-0.15, -0.1) is 0 Å². The average molecular weight is 243 g/mol. The van der Waals surface area contributed by atoms with Gasteiger partial charge in [-0.25, -0.2) is 4.39 Å². The molecule has 3 heteroatoms. The van der Waals surface area contributed by atoms with Gasteiger partial charge in [0, 0.05) is 18.0 Å². The van der Waals surface area contributed by atoms with Crippen LogP contribution >= 0.6 is 0 Å².